The van der Waals surface area contributed by atoms with Crippen molar-refractivity contribution in [2.75, 3.05) is 13.1 Å². The Balaban J connectivity index is 1.31. The van der Waals surface area contributed by atoms with Crippen molar-refractivity contribution in [1.82, 2.24) is 15.2 Å². The van der Waals surface area contributed by atoms with Gasteiger partial charge in [0.05, 0.1) is 0 Å². The molecule has 112 valence electrons. The Morgan fingerprint density at radius 2 is 2.14 bits per heavy atom. The lowest BCUT2D eigenvalue weighted by Gasteiger charge is -2.19. The predicted molar refractivity (Wildman–Crippen MR) is 87.6 cm³/mol. The molecule has 2 fully saturated rings. The fourth-order valence-electron chi connectivity index (χ4n) is 3.87. The number of nitrogens with one attached hydrogen (secondary N) is 2. The van der Waals surface area contributed by atoms with E-state index in [1.807, 2.05) is 0 Å². The zero-order chi connectivity index (χ0) is 14.2. The van der Waals surface area contributed by atoms with Crippen molar-refractivity contribution in [3.63, 3.8) is 0 Å². The summed E-state index contributed by atoms with van der Waals surface area (Å²) in [6.45, 7) is 4.72. The van der Waals surface area contributed by atoms with E-state index >= 15 is 0 Å². The van der Waals surface area contributed by atoms with Crippen LogP contribution in [0.25, 0.3) is 10.9 Å². The SMILES string of the molecule is CC1CC(NCCc2c[nH]c3ccccc23)CN1C1CC1. The Labute approximate surface area is 126 Å². The Morgan fingerprint density at radius 3 is 3.00 bits per heavy atom. The van der Waals surface area contributed by atoms with Crippen LogP contribution in [0.3, 0.4) is 0 Å². The number of para-hydroxylation sites is 1. The van der Waals surface area contributed by atoms with Gasteiger partial charge in [-0.15, -0.1) is 0 Å². The summed E-state index contributed by atoms with van der Waals surface area (Å²) in [7, 11) is 0. The van der Waals surface area contributed by atoms with E-state index in [0.29, 0.717) is 6.04 Å². The minimum atomic E-state index is 0.686. The molecular formula is C18H25N3. The highest BCUT2D eigenvalue weighted by atomic mass is 15.3. The second kappa shape index (κ2) is 5.47. The number of H-pyrrole nitrogens is 1. The molecule has 0 radical (unpaired) electrons. The van der Waals surface area contributed by atoms with Crippen LogP contribution in [-0.4, -0.2) is 41.1 Å². The van der Waals surface area contributed by atoms with Crippen LogP contribution in [0.1, 0.15) is 31.7 Å². The molecule has 2 unspecified atom stereocenters. The summed E-state index contributed by atoms with van der Waals surface area (Å²) < 4.78 is 0. The van der Waals surface area contributed by atoms with Crippen LogP contribution in [0.2, 0.25) is 0 Å². The first-order valence-electron chi connectivity index (χ1n) is 8.35. The first kappa shape index (κ1) is 13.4. The molecule has 2 N–H and O–H groups in total. The van der Waals surface area contributed by atoms with Crippen molar-refractivity contribution < 1.29 is 0 Å². The number of hydrogen-bond donors (Lipinski definition) is 2. The molecule has 0 amide bonds. The summed E-state index contributed by atoms with van der Waals surface area (Å²) in [6, 6.07) is 10.9. The average molecular weight is 283 g/mol. The molecule has 21 heavy (non-hydrogen) atoms. The maximum absolute atomic E-state index is 3.77. The van der Waals surface area contributed by atoms with E-state index in [9.17, 15) is 0 Å². The standard InChI is InChI=1S/C18H25N3/c1-13-10-15(12-21(13)16-6-7-16)19-9-8-14-11-20-18-5-3-2-4-17(14)18/h2-5,11,13,15-16,19-20H,6-10,12H2,1H3. The Bertz CT molecular complexity index is 614. The highest BCUT2D eigenvalue weighted by Gasteiger charge is 2.38. The topological polar surface area (TPSA) is 31.1 Å². The quantitative estimate of drug-likeness (QED) is 0.884. The van der Waals surface area contributed by atoms with Gasteiger partial charge in [-0.05, 0) is 50.8 Å². The molecule has 2 heterocycles. The zero-order valence-corrected chi connectivity index (χ0v) is 12.8. The van der Waals surface area contributed by atoms with E-state index in [1.165, 1.54) is 42.3 Å². The van der Waals surface area contributed by atoms with Crippen LogP contribution in [0.5, 0.6) is 0 Å². The Morgan fingerprint density at radius 1 is 1.29 bits per heavy atom. The lowest BCUT2D eigenvalue weighted by atomic mass is 10.1. The van der Waals surface area contributed by atoms with Crippen LogP contribution in [0.4, 0.5) is 0 Å². The van der Waals surface area contributed by atoms with Crippen molar-refractivity contribution in [2.24, 2.45) is 0 Å². The minimum Gasteiger partial charge on any atom is -0.361 e. The molecule has 2 aliphatic rings. The lowest BCUT2D eigenvalue weighted by molar-refractivity contribution is 0.255. The molecule has 2 atom stereocenters. The van der Waals surface area contributed by atoms with Crippen LogP contribution in [0.15, 0.2) is 30.5 Å². The molecule has 2 aromatic rings. The van der Waals surface area contributed by atoms with Gasteiger partial charge >= 0.3 is 0 Å². The van der Waals surface area contributed by atoms with E-state index < -0.39 is 0 Å². The van der Waals surface area contributed by atoms with Crippen LogP contribution in [-0.2, 0) is 6.42 Å². The summed E-state index contributed by atoms with van der Waals surface area (Å²) in [5.41, 5.74) is 2.69. The monoisotopic (exact) mass is 283 g/mol. The number of likely N-dealkylation sites (tertiary alicyclic amines) is 1. The lowest BCUT2D eigenvalue weighted by Crippen LogP contribution is -2.35. The third-order valence-corrected chi connectivity index (χ3v) is 5.14. The van der Waals surface area contributed by atoms with Gasteiger partial charge in [0.2, 0.25) is 0 Å². The van der Waals surface area contributed by atoms with Gasteiger partial charge in [0, 0.05) is 41.8 Å². The summed E-state index contributed by atoms with van der Waals surface area (Å²) in [5.74, 6) is 0. The Kier molecular flexibility index (Phi) is 3.48. The molecule has 4 rings (SSSR count). The fourth-order valence-corrected chi connectivity index (χ4v) is 3.87. The molecule has 1 aliphatic heterocycles. The van der Waals surface area contributed by atoms with E-state index in [0.717, 1.165) is 25.0 Å². The molecule has 1 aromatic heterocycles. The van der Waals surface area contributed by atoms with Crippen LogP contribution in [0, 0.1) is 0 Å². The van der Waals surface area contributed by atoms with E-state index in [2.05, 4.69) is 52.6 Å². The van der Waals surface area contributed by atoms with Crippen molar-refractivity contribution >= 4 is 10.9 Å². The van der Waals surface area contributed by atoms with Gasteiger partial charge in [-0.2, -0.15) is 0 Å². The van der Waals surface area contributed by atoms with Crippen molar-refractivity contribution in [3.05, 3.63) is 36.0 Å². The Hall–Kier alpha value is -1.32. The number of nitrogens with zero attached hydrogens (tertiary/aromatic N) is 1. The molecule has 0 spiro atoms. The zero-order valence-electron chi connectivity index (χ0n) is 12.8. The first-order valence-corrected chi connectivity index (χ1v) is 8.35. The second-order valence-electron chi connectivity index (χ2n) is 6.77. The summed E-state index contributed by atoms with van der Waals surface area (Å²) >= 11 is 0. The molecule has 3 nitrogen and oxygen atoms in total. The number of fused-ring (bicyclic) bond motifs is 1. The number of aromatic nitrogens is 1. The number of benzene rings is 1. The molecule has 0 bridgehead atoms. The fraction of sp³-hybridized carbons (Fsp3) is 0.556. The average Bonchev–Trinajstić information content (AvgIpc) is 3.16. The molecule has 1 saturated carbocycles. The van der Waals surface area contributed by atoms with Crippen LogP contribution >= 0.6 is 0 Å². The van der Waals surface area contributed by atoms with Gasteiger partial charge in [0.1, 0.15) is 0 Å². The van der Waals surface area contributed by atoms with E-state index in [1.54, 1.807) is 0 Å². The van der Waals surface area contributed by atoms with Gasteiger partial charge in [-0.1, -0.05) is 18.2 Å². The molecule has 1 aliphatic carbocycles. The number of hydrogen-bond acceptors (Lipinski definition) is 2. The van der Waals surface area contributed by atoms with Gasteiger partial charge in [0.25, 0.3) is 0 Å². The highest BCUT2D eigenvalue weighted by Crippen LogP contribution is 2.33. The normalized spacial score (nSPS) is 26.7. The number of rotatable bonds is 5. The summed E-state index contributed by atoms with van der Waals surface area (Å²) in [4.78, 5) is 6.08. The third-order valence-electron chi connectivity index (χ3n) is 5.14. The number of aromatic amines is 1. The largest absolute Gasteiger partial charge is 0.361 e. The van der Waals surface area contributed by atoms with Gasteiger partial charge in [-0.25, -0.2) is 0 Å². The van der Waals surface area contributed by atoms with E-state index in [-0.39, 0.29) is 0 Å². The summed E-state index contributed by atoms with van der Waals surface area (Å²) in [6.07, 6.45) is 7.43. The second-order valence-corrected chi connectivity index (χ2v) is 6.77. The van der Waals surface area contributed by atoms with Gasteiger partial charge < -0.3 is 10.3 Å². The minimum absolute atomic E-state index is 0.686. The maximum Gasteiger partial charge on any atom is 0.0456 e. The van der Waals surface area contributed by atoms with Gasteiger partial charge in [0.15, 0.2) is 0 Å². The third kappa shape index (κ3) is 2.72. The summed E-state index contributed by atoms with van der Waals surface area (Å²) in [5, 5.41) is 5.15. The maximum atomic E-state index is 3.77. The molecule has 3 heteroatoms. The van der Waals surface area contributed by atoms with Crippen molar-refractivity contribution in [1.29, 1.82) is 0 Å². The first-order chi connectivity index (χ1) is 10.3. The molecule has 1 aromatic carbocycles. The van der Waals surface area contributed by atoms with E-state index in [4.69, 9.17) is 0 Å². The van der Waals surface area contributed by atoms with Crippen molar-refractivity contribution in [2.45, 2.75) is 50.7 Å². The molecular weight excluding hydrogens is 258 g/mol. The van der Waals surface area contributed by atoms with Crippen LogP contribution < -0.4 is 5.32 Å². The predicted octanol–water partition coefficient (Wildman–Crippen LogP) is 2.93. The highest BCUT2D eigenvalue weighted by molar-refractivity contribution is 5.83. The molecule has 1 saturated heterocycles. The van der Waals surface area contributed by atoms with Crippen molar-refractivity contribution in [3.8, 4) is 0 Å². The smallest absolute Gasteiger partial charge is 0.0456 e. The van der Waals surface area contributed by atoms with Gasteiger partial charge in [-0.3, -0.25) is 4.90 Å².